The van der Waals surface area contributed by atoms with Gasteiger partial charge in [-0.15, -0.1) is 0 Å². The Labute approximate surface area is 155 Å². The van der Waals surface area contributed by atoms with Gasteiger partial charge in [0.25, 0.3) is 0 Å². The van der Waals surface area contributed by atoms with Gasteiger partial charge in [0.2, 0.25) is 0 Å². The van der Waals surface area contributed by atoms with Crippen LogP contribution in [0.2, 0.25) is 0 Å². The summed E-state index contributed by atoms with van der Waals surface area (Å²) in [5.74, 6) is 0.696. The summed E-state index contributed by atoms with van der Waals surface area (Å²) in [7, 11) is 0. The average Bonchev–Trinajstić information content (AvgIpc) is 2.64. The number of esters is 3. The molecule has 0 heterocycles. The Morgan fingerprint density at radius 3 is 1.35 bits per heavy atom. The number of carbonyl (C=O) groups excluding carboxylic acids is 3. The van der Waals surface area contributed by atoms with Gasteiger partial charge in [-0.25, -0.2) is 0 Å². The highest BCUT2D eigenvalue weighted by Crippen LogP contribution is 2.32. The van der Waals surface area contributed by atoms with Crippen molar-refractivity contribution in [3.63, 3.8) is 0 Å². The van der Waals surface area contributed by atoms with E-state index in [-0.39, 0.29) is 23.8 Å². The number of carbonyl (C=O) groups is 3. The molecular formula is C20H32O6. The quantitative estimate of drug-likeness (QED) is 0.507. The minimum Gasteiger partial charge on any atom is -0.466 e. The van der Waals surface area contributed by atoms with E-state index in [2.05, 4.69) is 0 Å². The third-order valence-electron chi connectivity index (χ3n) is 5.65. The molecule has 0 aromatic carbocycles. The highest BCUT2D eigenvalue weighted by molar-refractivity contribution is 5.72. The minimum absolute atomic E-state index is 0.0103. The van der Waals surface area contributed by atoms with Crippen LogP contribution < -0.4 is 0 Å². The molecule has 0 bridgehead atoms. The zero-order valence-electron chi connectivity index (χ0n) is 16.0. The molecule has 2 fully saturated rings. The molecule has 0 radical (unpaired) electrons. The maximum Gasteiger partial charge on any atom is 0.308 e. The van der Waals surface area contributed by atoms with Crippen molar-refractivity contribution in [1.29, 1.82) is 0 Å². The zero-order valence-corrected chi connectivity index (χ0v) is 16.0. The molecule has 6 heteroatoms. The molecule has 0 amide bonds. The Hall–Kier alpha value is -1.59. The molecule has 0 aromatic rings. The fourth-order valence-corrected chi connectivity index (χ4v) is 3.92. The molecule has 2 rings (SSSR count). The van der Waals surface area contributed by atoms with E-state index >= 15 is 0 Å². The van der Waals surface area contributed by atoms with Crippen molar-refractivity contribution in [3.8, 4) is 0 Å². The standard InChI is InChI=1S/C20H32O6/c1-14(21)24-11-16-3-5-17(6-4-16)13-26-20(23)19-9-7-18(8-10-19)12-25-15(2)22/h16-19H,3-13H2,1-2H3/t16-,17+,18-,19+. The Morgan fingerprint density at radius 2 is 0.962 bits per heavy atom. The van der Waals surface area contributed by atoms with Crippen LogP contribution in [0.25, 0.3) is 0 Å². The molecule has 2 aliphatic rings. The van der Waals surface area contributed by atoms with Gasteiger partial charge in [-0.3, -0.25) is 14.4 Å². The number of rotatable bonds is 7. The fraction of sp³-hybridized carbons (Fsp3) is 0.850. The first-order valence-corrected chi connectivity index (χ1v) is 9.87. The molecule has 0 unspecified atom stereocenters. The van der Waals surface area contributed by atoms with E-state index in [1.54, 1.807) is 0 Å². The van der Waals surface area contributed by atoms with Gasteiger partial charge in [-0.05, 0) is 69.1 Å². The van der Waals surface area contributed by atoms with Crippen LogP contribution in [-0.2, 0) is 28.6 Å². The van der Waals surface area contributed by atoms with Gasteiger partial charge in [-0.2, -0.15) is 0 Å². The van der Waals surface area contributed by atoms with Crippen LogP contribution in [0.15, 0.2) is 0 Å². The molecule has 0 spiro atoms. The maximum atomic E-state index is 12.3. The summed E-state index contributed by atoms with van der Waals surface area (Å²) in [6.45, 7) is 4.35. The van der Waals surface area contributed by atoms with Gasteiger partial charge in [0.15, 0.2) is 0 Å². The maximum absolute atomic E-state index is 12.3. The Morgan fingerprint density at radius 1 is 0.615 bits per heavy atom. The molecule has 0 aliphatic heterocycles. The third kappa shape index (κ3) is 7.34. The molecular weight excluding hydrogens is 336 g/mol. The van der Waals surface area contributed by atoms with E-state index in [1.165, 1.54) is 13.8 Å². The lowest BCUT2D eigenvalue weighted by atomic mass is 9.82. The van der Waals surface area contributed by atoms with Crippen molar-refractivity contribution in [2.75, 3.05) is 19.8 Å². The second kappa shape index (κ2) is 10.5. The summed E-state index contributed by atoms with van der Waals surface area (Å²) in [4.78, 5) is 34.0. The second-order valence-corrected chi connectivity index (χ2v) is 7.84. The third-order valence-corrected chi connectivity index (χ3v) is 5.65. The summed E-state index contributed by atoms with van der Waals surface area (Å²) in [5.41, 5.74) is 0. The lowest BCUT2D eigenvalue weighted by Crippen LogP contribution is -2.28. The molecule has 6 nitrogen and oxygen atoms in total. The second-order valence-electron chi connectivity index (χ2n) is 7.84. The smallest absolute Gasteiger partial charge is 0.308 e. The molecule has 0 saturated heterocycles. The minimum atomic E-state index is -0.242. The normalized spacial score (nSPS) is 28.8. The number of hydrogen-bond acceptors (Lipinski definition) is 6. The molecule has 26 heavy (non-hydrogen) atoms. The predicted molar refractivity (Wildman–Crippen MR) is 95.1 cm³/mol. The first-order valence-electron chi connectivity index (χ1n) is 9.87. The van der Waals surface area contributed by atoms with Gasteiger partial charge in [0.05, 0.1) is 25.7 Å². The van der Waals surface area contributed by atoms with Gasteiger partial charge >= 0.3 is 17.9 Å². The van der Waals surface area contributed by atoms with Crippen LogP contribution in [-0.4, -0.2) is 37.7 Å². The zero-order chi connectivity index (χ0) is 18.9. The summed E-state index contributed by atoms with van der Waals surface area (Å²) < 4.78 is 15.7. The monoisotopic (exact) mass is 368 g/mol. The average molecular weight is 368 g/mol. The van der Waals surface area contributed by atoms with Crippen LogP contribution in [0.3, 0.4) is 0 Å². The number of hydrogen-bond donors (Lipinski definition) is 0. The highest BCUT2D eigenvalue weighted by Gasteiger charge is 2.29. The first-order chi connectivity index (χ1) is 12.4. The van der Waals surface area contributed by atoms with Gasteiger partial charge in [0, 0.05) is 13.8 Å². The van der Waals surface area contributed by atoms with E-state index in [0.29, 0.717) is 37.6 Å². The molecule has 0 atom stereocenters. The lowest BCUT2D eigenvalue weighted by molar-refractivity contribution is -0.153. The Bertz CT molecular complexity index is 473. The number of ether oxygens (including phenoxy) is 3. The van der Waals surface area contributed by atoms with E-state index in [9.17, 15) is 14.4 Å². The van der Waals surface area contributed by atoms with Gasteiger partial charge in [0.1, 0.15) is 0 Å². The summed E-state index contributed by atoms with van der Waals surface area (Å²) in [6, 6.07) is 0. The fourth-order valence-electron chi connectivity index (χ4n) is 3.92. The van der Waals surface area contributed by atoms with Crippen molar-refractivity contribution >= 4 is 17.9 Å². The van der Waals surface area contributed by atoms with Crippen LogP contribution in [0.5, 0.6) is 0 Å². The Balaban J connectivity index is 1.58. The highest BCUT2D eigenvalue weighted by atomic mass is 16.5. The van der Waals surface area contributed by atoms with E-state index in [1.807, 2.05) is 0 Å². The summed E-state index contributed by atoms with van der Waals surface area (Å²) >= 11 is 0. The summed E-state index contributed by atoms with van der Waals surface area (Å²) in [6.07, 6.45) is 7.55. The lowest BCUT2D eigenvalue weighted by Gasteiger charge is -2.29. The molecule has 0 N–H and O–H groups in total. The van der Waals surface area contributed by atoms with Crippen LogP contribution in [0.1, 0.15) is 65.2 Å². The van der Waals surface area contributed by atoms with E-state index < -0.39 is 0 Å². The molecule has 0 aromatic heterocycles. The molecule has 2 aliphatic carbocycles. The van der Waals surface area contributed by atoms with Crippen molar-refractivity contribution in [2.45, 2.75) is 65.2 Å². The van der Waals surface area contributed by atoms with Gasteiger partial charge in [-0.1, -0.05) is 0 Å². The van der Waals surface area contributed by atoms with Crippen LogP contribution in [0, 0.1) is 23.7 Å². The van der Waals surface area contributed by atoms with Crippen molar-refractivity contribution in [1.82, 2.24) is 0 Å². The van der Waals surface area contributed by atoms with E-state index in [0.717, 1.165) is 51.4 Å². The predicted octanol–water partition coefficient (Wildman–Crippen LogP) is 3.27. The summed E-state index contributed by atoms with van der Waals surface area (Å²) in [5, 5.41) is 0. The first kappa shape index (κ1) is 20.7. The molecule has 2 saturated carbocycles. The topological polar surface area (TPSA) is 78.9 Å². The molecule has 148 valence electrons. The van der Waals surface area contributed by atoms with E-state index in [4.69, 9.17) is 14.2 Å². The van der Waals surface area contributed by atoms with Gasteiger partial charge < -0.3 is 14.2 Å². The van der Waals surface area contributed by atoms with Crippen LogP contribution in [0.4, 0.5) is 0 Å². The van der Waals surface area contributed by atoms with Crippen LogP contribution >= 0.6 is 0 Å². The van der Waals surface area contributed by atoms with Crippen molar-refractivity contribution < 1.29 is 28.6 Å². The van der Waals surface area contributed by atoms with Crippen molar-refractivity contribution in [2.24, 2.45) is 23.7 Å². The SMILES string of the molecule is CC(=O)OC[C@H]1CC[C@@H](COC(=O)[C@H]2CC[C@@H](COC(C)=O)CC2)CC1. The Kier molecular flexibility index (Phi) is 8.39. The largest absolute Gasteiger partial charge is 0.466 e. The van der Waals surface area contributed by atoms with Crippen molar-refractivity contribution in [3.05, 3.63) is 0 Å².